The zero-order valence-electron chi connectivity index (χ0n) is 11.0. The summed E-state index contributed by atoms with van der Waals surface area (Å²) in [5.41, 5.74) is 6.07. The monoisotopic (exact) mass is 305 g/mol. The minimum absolute atomic E-state index is 0.0515. The first-order valence-corrected chi connectivity index (χ1v) is 8.53. The van der Waals surface area contributed by atoms with Gasteiger partial charge in [-0.05, 0) is 39.2 Å². The molecule has 0 aliphatic carbocycles. The predicted molar refractivity (Wildman–Crippen MR) is 74.8 cm³/mol. The summed E-state index contributed by atoms with van der Waals surface area (Å²) in [6, 6.07) is -0.0515. The van der Waals surface area contributed by atoms with Gasteiger partial charge in [0.25, 0.3) is 10.0 Å². The molecule has 3 N–H and O–H groups in total. The predicted octanol–water partition coefficient (Wildman–Crippen LogP) is 0.493. The van der Waals surface area contributed by atoms with Gasteiger partial charge in [0.2, 0.25) is 0 Å². The van der Waals surface area contributed by atoms with Crippen molar-refractivity contribution in [1.82, 2.24) is 9.29 Å². The third-order valence-electron chi connectivity index (χ3n) is 3.58. The van der Waals surface area contributed by atoms with E-state index in [1.54, 1.807) is 6.92 Å². The number of thiazole rings is 1. The average molecular weight is 305 g/mol. The van der Waals surface area contributed by atoms with E-state index in [-0.39, 0.29) is 21.0 Å². The maximum atomic E-state index is 12.6. The van der Waals surface area contributed by atoms with Gasteiger partial charge < -0.3 is 10.7 Å². The van der Waals surface area contributed by atoms with E-state index in [0.717, 1.165) is 24.2 Å². The number of aryl methyl sites for hydroxylation is 1. The molecule has 1 aliphatic rings. The Balaban J connectivity index is 2.38. The fraction of sp³-hybridized carbons (Fsp3) is 0.727. The highest BCUT2D eigenvalue weighted by Gasteiger charge is 2.36. The van der Waals surface area contributed by atoms with Crippen molar-refractivity contribution >= 4 is 21.4 Å². The van der Waals surface area contributed by atoms with Gasteiger partial charge in [0.1, 0.15) is 0 Å². The van der Waals surface area contributed by atoms with Crippen molar-refractivity contribution in [3.63, 3.8) is 0 Å². The fourth-order valence-electron chi connectivity index (χ4n) is 2.42. The molecule has 2 unspecified atom stereocenters. The Hall–Kier alpha value is -0.700. The number of sulfonamides is 1. The quantitative estimate of drug-likeness (QED) is 0.849. The van der Waals surface area contributed by atoms with Crippen LogP contribution in [0.4, 0.5) is 0 Å². The first kappa shape index (κ1) is 14.7. The lowest BCUT2D eigenvalue weighted by Gasteiger charge is -2.36. The molecule has 8 heteroatoms. The second-order valence-electron chi connectivity index (χ2n) is 5.03. The van der Waals surface area contributed by atoms with E-state index in [1.807, 2.05) is 6.92 Å². The first-order chi connectivity index (χ1) is 8.86. The van der Waals surface area contributed by atoms with Gasteiger partial charge in [0, 0.05) is 18.3 Å². The van der Waals surface area contributed by atoms with Crippen LogP contribution in [-0.2, 0) is 10.0 Å². The normalized spacial score (nSPS) is 25.6. The number of nitrogens with two attached hydrogens (primary N) is 1. The zero-order chi connectivity index (χ0) is 14.2. The minimum Gasteiger partial charge on any atom is -0.330 e. The molecular formula is C11H19N3O3S2. The molecule has 0 spiro atoms. The van der Waals surface area contributed by atoms with Gasteiger partial charge >= 0.3 is 4.87 Å². The molecule has 19 heavy (non-hydrogen) atoms. The minimum atomic E-state index is -3.60. The molecular weight excluding hydrogens is 286 g/mol. The van der Waals surface area contributed by atoms with Crippen molar-refractivity contribution in [2.75, 3.05) is 13.1 Å². The summed E-state index contributed by atoms with van der Waals surface area (Å²) in [6.45, 7) is 4.43. The van der Waals surface area contributed by atoms with Crippen LogP contribution >= 0.6 is 11.3 Å². The lowest BCUT2D eigenvalue weighted by atomic mass is 9.96. The van der Waals surface area contributed by atoms with E-state index < -0.39 is 10.0 Å². The van der Waals surface area contributed by atoms with E-state index in [2.05, 4.69) is 4.98 Å². The van der Waals surface area contributed by atoms with Crippen LogP contribution < -0.4 is 10.6 Å². The van der Waals surface area contributed by atoms with Gasteiger partial charge in [0.05, 0.1) is 0 Å². The largest absolute Gasteiger partial charge is 0.330 e. The summed E-state index contributed by atoms with van der Waals surface area (Å²) in [5, 5.41) is 0. The Labute approximate surface area is 116 Å². The Morgan fingerprint density at radius 3 is 2.68 bits per heavy atom. The second-order valence-corrected chi connectivity index (χ2v) is 8.10. The molecule has 0 aromatic carbocycles. The Morgan fingerprint density at radius 1 is 1.47 bits per heavy atom. The first-order valence-electron chi connectivity index (χ1n) is 6.28. The summed E-state index contributed by atoms with van der Waals surface area (Å²) in [4.78, 5) is 13.5. The highest BCUT2D eigenvalue weighted by molar-refractivity contribution is 7.91. The second kappa shape index (κ2) is 5.35. The number of nitrogens with one attached hydrogen (secondary N) is 1. The van der Waals surface area contributed by atoms with Crippen molar-refractivity contribution in [3.05, 3.63) is 15.4 Å². The summed E-state index contributed by atoms with van der Waals surface area (Å²) in [5.74, 6) is 0.196. The summed E-state index contributed by atoms with van der Waals surface area (Å²) >= 11 is 0.754. The number of aromatic amines is 1. The van der Waals surface area contributed by atoms with E-state index in [0.29, 0.717) is 18.8 Å². The zero-order valence-corrected chi connectivity index (χ0v) is 12.7. The van der Waals surface area contributed by atoms with Crippen LogP contribution in [0.3, 0.4) is 0 Å². The summed E-state index contributed by atoms with van der Waals surface area (Å²) < 4.78 is 26.9. The van der Waals surface area contributed by atoms with Gasteiger partial charge in [-0.1, -0.05) is 11.3 Å². The molecule has 2 heterocycles. The number of nitrogens with zero attached hydrogens (tertiary/aromatic N) is 1. The Morgan fingerprint density at radius 2 is 2.16 bits per heavy atom. The molecule has 1 aromatic heterocycles. The van der Waals surface area contributed by atoms with Crippen LogP contribution in [0, 0.1) is 12.8 Å². The molecule has 0 radical (unpaired) electrons. The lowest BCUT2D eigenvalue weighted by Crippen LogP contribution is -2.46. The van der Waals surface area contributed by atoms with Gasteiger partial charge in [-0.2, -0.15) is 4.31 Å². The number of H-pyrrole nitrogens is 1. The van der Waals surface area contributed by atoms with Crippen LogP contribution in [0.25, 0.3) is 0 Å². The van der Waals surface area contributed by atoms with Crippen molar-refractivity contribution in [2.24, 2.45) is 11.7 Å². The fourth-order valence-corrected chi connectivity index (χ4v) is 5.57. The van der Waals surface area contributed by atoms with E-state index in [4.69, 9.17) is 5.73 Å². The van der Waals surface area contributed by atoms with Crippen molar-refractivity contribution in [3.8, 4) is 0 Å². The maximum Gasteiger partial charge on any atom is 0.305 e. The molecule has 1 aromatic rings. The Bertz CT molecular complexity index is 605. The highest BCUT2D eigenvalue weighted by atomic mass is 32.2. The molecule has 0 amide bonds. The molecule has 1 fully saturated rings. The van der Waals surface area contributed by atoms with Crippen LogP contribution in [0.15, 0.2) is 9.00 Å². The Kier molecular flexibility index (Phi) is 4.14. The third-order valence-corrected chi connectivity index (χ3v) is 7.14. The van der Waals surface area contributed by atoms with Crippen LogP contribution in [0.1, 0.15) is 25.5 Å². The van der Waals surface area contributed by atoms with Gasteiger partial charge in [-0.15, -0.1) is 0 Å². The van der Waals surface area contributed by atoms with Gasteiger partial charge in [-0.25, -0.2) is 8.42 Å². The lowest BCUT2D eigenvalue weighted by molar-refractivity contribution is 0.211. The van der Waals surface area contributed by atoms with Crippen LogP contribution in [0.5, 0.6) is 0 Å². The topological polar surface area (TPSA) is 96.3 Å². The number of aromatic nitrogens is 1. The molecule has 0 saturated carbocycles. The van der Waals surface area contributed by atoms with Gasteiger partial charge in [0.15, 0.2) is 4.21 Å². The van der Waals surface area contributed by atoms with Crippen LogP contribution in [0.2, 0.25) is 0 Å². The molecule has 6 nitrogen and oxygen atoms in total. The van der Waals surface area contributed by atoms with Crippen LogP contribution in [-0.4, -0.2) is 36.8 Å². The number of hydrogen-bond acceptors (Lipinski definition) is 5. The van der Waals surface area contributed by atoms with Crippen molar-refractivity contribution in [2.45, 2.75) is 36.9 Å². The standard InChI is InChI=1S/C11H19N3O3S2/c1-7-3-4-9(5-12)6-14(7)19(16,17)10-8(2)13-11(15)18-10/h7,9H,3-6,12H2,1-2H3,(H,13,15). The molecule has 1 aliphatic heterocycles. The average Bonchev–Trinajstić information content (AvgIpc) is 2.69. The van der Waals surface area contributed by atoms with Crippen molar-refractivity contribution in [1.29, 1.82) is 0 Å². The molecule has 2 atom stereocenters. The molecule has 0 bridgehead atoms. The highest BCUT2D eigenvalue weighted by Crippen LogP contribution is 2.29. The maximum absolute atomic E-state index is 12.6. The van der Waals surface area contributed by atoms with E-state index in [9.17, 15) is 13.2 Å². The number of rotatable bonds is 3. The van der Waals surface area contributed by atoms with Gasteiger partial charge in [-0.3, -0.25) is 4.79 Å². The summed E-state index contributed by atoms with van der Waals surface area (Å²) in [7, 11) is -3.60. The number of piperidine rings is 1. The molecule has 108 valence electrons. The smallest absolute Gasteiger partial charge is 0.305 e. The SMILES string of the molecule is Cc1[nH]c(=O)sc1S(=O)(=O)N1CC(CN)CCC1C. The van der Waals surface area contributed by atoms with Crippen molar-refractivity contribution < 1.29 is 8.42 Å². The molecule has 1 saturated heterocycles. The summed E-state index contributed by atoms with van der Waals surface area (Å²) in [6.07, 6.45) is 1.76. The third kappa shape index (κ3) is 2.76. The van der Waals surface area contributed by atoms with E-state index in [1.165, 1.54) is 4.31 Å². The van der Waals surface area contributed by atoms with E-state index >= 15 is 0 Å². The molecule has 2 rings (SSSR count). The number of hydrogen-bond donors (Lipinski definition) is 2.